The molecule has 1 amide bonds. The summed E-state index contributed by atoms with van der Waals surface area (Å²) in [5.74, 6) is -2.12. The van der Waals surface area contributed by atoms with Gasteiger partial charge in [0.2, 0.25) is 0 Å². The number of hydrogen-bond donors (Lipinski definition) is 1. The maximum absolute atomic E-state index is 13.7. The van der Waals surface area contributed by atoms with Gasteiger partial charge in [-0.05, 0) is 44.2 Å². The number of alkyl halides is 3. The highest BCUT2D eigenvalue weighted by atomic mass is 19.4. The van der Waals surface area contributed by atoms with E-state index in [1.54, 1.807) is 6.92 Å². The smallest absolute Gasteiger partial charge is 0.439 e. The summed E-state index contributed by atoms with van der Waals surface area (Å²) < 4.78 is 46.3. The van der Waals surface area contributed by atoms with Crippen molar-refractivity contribution in [3.8, 4) is 0 Å². The van der Waals surface area contributed by atoms with Gasteiger partial charge in [-0.3, -0.25) is 4.79 Å². The first-order valence-electron chi connectivity index (χ1n) is 7.96. The summed E-state index contributed by atoms with van der Waals surface area (Å²) in [6.07, 6.45) is -3.07. The zero-order chi connectivity index (χ0) is 17.7. The molecule has 3 rings (SSSR count). The number of furan rings is 1. The zero-order valence-corrected chi connectivity index (χ0v) is 13.4. The lowest BCUT2D eigenvalue weighted by Gasteiger charge is -2.39. The van der Waals surface area contributed by atoms with E-state index in [4.69, 9.17) is 4.42 Å². The van der Waals surface area contributed by atoms with Gasteiger partial charge in [-0.2, -0.15) is 23.3 Å². The summed E-state index contributed by atoms with van der Waals surface area (Å²) in [4.78, 5) is 12.5. The number of nitrogens with zero attached hydrogens (tertiary/aromatic N) is 2. The molecular weight excluding hydrogens is 325 g/mol. The van der Waals surface area contributed by atoms with Gasteiger partial charge in [0.25, 0.3) is 5.72 Å². The molecule has 5 nitrogen and oxygen atoms in total. The third kappa shape index (κ3) is 2.44. The molecule has 1 saturated carbocycles. The number of amides is 1. The van der Waals surface area contributed by atoms with E-state index in [9.17, 15) is 23.1 Å². The molecule has 2 aliphatic rings. The second-order valence-corrected chi connectivity index (χ2v) is 6.44. The molecule has 8 heteroatoms. The van der Waals surface area contributed by atoms with Crippen LogP contribution < -0.4 is 0 Å². The molecule has 1 fully saturated rings. The van der Waals surface area contributed by atoms with Crippen molar-refractivity contribution in [3.05, 3.63) is 23.7 Å². The molecule has 0 bridgehead atoms. The number of hydrazone groups is 1. The van der Waals surface area contributed by atoms with Crippen molar-refractivity contribution in [1.29, 1.82) is 0 Å². The minimum absolute atomic E-state index is 0.0729. The fourth-order valence-corrected chi connectivity index (χ4v) is 3.52. The topological polar surface area (TPSA) is 66.0 Å². The Bertz CT molecular complexity index is 682. The van der Waals surface area contributed by atoms with Crippen LogP contribution in [0.2, 0.25) is 0 Å². The van der Waals surface area contributed by atoms with E-state index in [2.05, 4.69) is 5.10 Å². The van der Waals surface area contributed by atoms with E-state index in [1.807, 2.05) is 6.92 Å². The predicted octanol–water partition coefficient (Wildman–Crippen LogP) is 3.48. The monoisotopic (exact) mass is 344 g/mol. The molecule has 2 heterocycles. The van der Waals surface area contributed by atoms with Crippen LogP contribution in [-0.2, 0) is 0 Å². The van der Waals surface area contributed by atoms with Gasteiger partial charge in [-0.15, -0.1) is 0 Å². The quantitative estimate of drug-likeness (QED) is 0.893. The first-order valence-corrected chi connectivity index (χ1v) is 7.96. The Balaban J connectivity index is 2.01. The van der Waals surface area contributed by atoms with Crippen LogP contribution in [0.4, 0.5) is 13.2 Å². The van der Waals surface area contributed by atoms with Crippen LogP contribution in [0.15, 0.2) is 21.7 Å². The molecule has 1 aromatic rings. The van der Waals surface area contributed by atoms with Gasteiger partial charge in [-0.25, -0.2) is 0 Å². The van der Waals surface area contributed by atoms with Crippen molar-refractivity contribution < 1.29 is 27.5 Å². The van der Waals surface area contributed by atoms with Crippen molar-refractivity contribution in [2.75, 3.05) is 0 Å². The van der Waals surface area contributed by atoms with Crippen LogP contribution in [-0.4, -0.2) is 33.6 Å². The van der Waals surface area contributed by atoms with Crippen molar-refractivity contribution in [3.63, 3.8) is 0 Å². The molecule has 0 unspecified atom stereocenters. The van der Waals surface area contributed by atoms with Crippen LogP contribution in [0.3, 0.4) is 0 Å². The predicted molar refractivity (Wildman–Crippen MR) is 79.2 cm³/mol. The summed E-state index contributed by atoms with van der Waals surface area (Å²) in [5.41, 5.74) is -3.09. The zero-order valence-electron chi connectivity index (χ0n) is 13.4. The second-order valence-electron chi connectivity index (χ2n) is 6.44. The van der Waals surface area contributed by atoms with E-state index >= 15 is 0 Å². The number of hydrogen-bond acceptors (Lipinski definition) is 4. The minimum Gasteiger partial charge on any atom is -0.456 e. The highest BCUT2D eigenvalue weighted by Gasteiger charge is 2.69. The normalized spacial score (nSPS) is 30.2. The molecular formula is C16H19F3N2O3. The third-order valence-electron chi connectivity index (χ3n) is 4.96. The van der Waals surface area contributed by atoms with Gasteiger partial charge in [0.15, 0.2) is 5.76 Å². The van der Waals surface area contributed by atoms with E-state index in [1.165, 1.54) is 12.1 Å². The fraction of sp³-hybridized carbons (Fsp3) is 0.625. The number of carbonyl (C=O) groups is 1. The number of fused-ring (bicyclic) bond motifs is 1. The molecule has 0 aromatic carbocycles. The Labute approximate surface area is 137 Å². The lowest BCUT2D eigenvalue weighted by Crippen LogP contribution is -2.61. The maximum atomic E-state index is 13.7. The molecule has 132 valence electrons. The van der Waals surface area contributed by atoms with Crippen LogP contribution in [0.5, 0.6) is 0 Å². The summed E-state index contributed by atoms with van der Waals surface area (Å²) in [7, 11) is 0. The Morgan fingerprint density at radius 3 is 2.75 bits per heavy atom. The van der Waals surface area contributed by atoms with Gasteiger partial charge in [0.1, 0.15) is 5.76 Å². The van der Waals surface area contributed by atoms with E-state index in [-0.39, 0.29) is 28.8 Å². The van der Waals surface area contributed by atoms with Gasteiger partial charge in [-0.1, -0.05) is 13.3 Å². The van der Waals surface area contributed by atoms with Gasteiger partial charge >= 0.3 is 12.1 Å². The van der Waals surface area contributed by atoms with E-state index in [0.29, 0.717) is 18.6 Å². The third-order valence-corrected chi connectivity index (χ3v) is 4.96. The van der Waals surface area contributed by atoms with Crippen molar-refractivity contribution in [1.82, 2.24) is 5.01 Å². The Morgan fingerprint density at radius 2 is 2.21 bits per heavy atom. The fourth-order valence-electron chi connectivity index (χ4n) is 3.52. The highest BCUT2D eigenvalue weighted by Crippen LogP contribution is 2.50. The van der Waals surface area contributed by atoms with Crippen LogP contribution >= 0.6 is 0 Å². The number of aryl methyl sites for hydroxylation is 1. The number of halogens is 3. The lowest BCUT2D eigenvalue weighted by atomic mass is 9.74. The minimum atomic E-state index is -5.02. The molecule has 0 radical (unpaired) electrons. The Kier molecular flexibility index (Phi) is 3.98. The Hall–Kier alpha value is -1.83. The van der Waals surface area contributed by atoms with Crippen LogP contribution in [0.25, 0.3) is 0 Å². The average Bonchev–Trinajstić information content (AvgIpc) is 3.08. The summed E-state index contributed by atoms with van der Waals surface area (Å²) in [6.45, 7) is 3.48. The number of aliphatic hydroxyl groups is 1. The largest absolute Gasteiger partial charge is 0.456 e. The molecule has 0 spiro atoms. The summed E-state index contributed by atoms with van der Waals surface area (Å²) in [5, 5.41) is 14.6. The molecule has 1 aromatic heterocycles. The molecule has 3 atom stereocenters. The molecule has 0 saturated heterocycles. The summed E-state index contributed by atoms with van der Waals surface area (Å²) >= 11 is 0. The van der Waals surface area contributed by atoms with Crippen LogP contribution in [0.1, 0.15) is 48.9 Å². The molecule has 1 aliphatic carbocycles. The first kappa shape index (κ1) is 17.0. The average molecular weight is 344 g/mol. The number of rotatable bonds is 2. The number of carbonyl (C=O) groups excluding carboxylic acids is 1. The standard InChI is InChI=1S/C16H19F3N2O3/c1-3-10-5-6-12-11(8-10)15(23,16(17,18)19)21(20-12)14(22)13-7-4-9(2)24-13/h4,7,10-11,23H,3,5-6,8H2,1-2H3/t10-,11+,15+/m1/s1. The van der Waals surface area contributed by atoms with Gasteiger partial charge < -0.3 is 9.52 Å². The lowest BCUT2D eigenvalue weighted by molar-refractivity contribution is -0.313. The second kappa shape index (κ2) is 5.61. The van der Waals surface area contributed by atoms with E-state index < -0.39 is 23.7 Å². The highest BCUT2D eigenvalue weighted by molar-refractivity contribution is 5.98. The Morgan fingerprint density at radius 1 is 1.50 bits per heavy atom. The van der Waals surface area contributed by atoms with Crippen LogP contribution in [0, 0.1) is 18.8 Å². The SMILES string of the molecule is CC[C@@H]1CCC2=NN(C(=O)c3ccc(C)o3)[C@@](O)(C(F)(F)F)[C@H]2C1. The molecule has 1 aliphatic heterocycles. The van der Waals surface area contributed by atoms with Crippen molar-refractivity contribution in [2.45, 2.75) is 51.4 Å². The molecule has 24 heavy (non-hydrogen) atoms. The summed E-state index contributed by atoms with van der Waals surface area (Å²) in [6, 6.07) is 2.76. The maximum Gasteiger partial charge on any atom is 0.439 e. The van der Waals surface area contributed by atoms with Gasteiger partial charge in [0, 0.05) is 5.71 Å². The van der Waals surface area contributed by atoms with Gasteiger partial charge in [0.05, 0.1) is 5.92 Å². The molecule has 1 N–H and O–H groups in total. The van der Waals surface area contributed by atoms with Crippen molar-refractivity contribution >= 4 is 11.6 Å². The van der Waals surface area contributed by atoms with Crippen molar-refractivity contribution in [2.24, 2.45) is 16.9 Å². The first-order chi connectivity index (χ1) is 11.2. The van der Waals surface area contributed by atoms with E-state index in [0.717, 1.165) is 6.42 Å².